The van der Waals surface area contributed by atoms with Gasteiger partial charge in [0.2, 0.25) is 0 Å². The average molecular weight is 299 g/mol. The van der Waals surface area contributed by atoms with Gasteiger partial charge in [0.1, 0.15) is 23.2 Å². The second kappa shape index (κ2) is 7.64. The van der Waals surface area contributed by atoms with Gasteiger partial charge in [0.15, 0.2) is 0 Å². The van der Waals surface area contributed by atoms with Gasteiger partial charge in [-0.25, -0.2) is 4.39 Å². The summed E-state index contributed by atoms with van der Waals surface area (Å²) in [6.45, 7) is 0.376. The molecule has 0 bridgehead atoms. The first-order valence-corrected chi connectivity index (χ1v) is 6.58. The second-order valence-electron chi connectivity index (χ2n) is 4.40. The predicted molar refractivity (Wildman–Crippen MR) is 77.5 cm³/mol. The van der Waals surface area contributed by atoms with E-state index in [0.717, 1.165) is 0 Å². The number of rotatable bonds is 6. The number of carbonyl (C=O) groups excluding carboxylic acids is 1. The molecule has 2 rings (SSSR count). The third kappa shape index (κ3) is 4.21. The molecular weight excluding hydrogens is 285 g/mol. The van der Waals surface area contributed by atoms with Crippen LogP contribution in [0.3, 0.4) is 0 Å². The fraction of sp³-hybridized carbons (Fsp3) is 0.125. The molecule has 6 heteroatoms. The van der Waals surface area contributed by atoms with Crippen molar-refractivity contribution in [3.8, 4) is 6.07 Å². The van der Waals surface area contributed by atoms with E-state index in [4.69, 9.17) is 9.68 Å². The van der Waals surface area contributed by atoms with Crippen molar-refractivity contribution in [2.24, 2.45) is 0 Å². The molecule has 1 amide bonds. The molecule has 0 radical (unpaired) electrons. The molecular formula is C16H14FN3O2. The predicted octanol–water partition coefficient (Wildman–Crippen LogP) is 2.23. The molecule has 0 saturated heterocycles. The van der Waals surface area contributed by atoms with E-state index in [1.807, 2.05) is 0 Å². The fourth-order valence-corrected chi connectivity index (χ4v) is 1.73. The molecule has 1 heterocycles. The molecule has 0 saturated carbocycles. The summed E-state index contributed by atoms with van der Waals surface area (Å²) in [5.41, 5.74) is 0.356. The van der Waals surface area contributed by atoms with Crippen LogP contribution in [-0.4, -0.2) is 5.91 Å². The molecule has 0 unspecified atom stereocenters. The Hall–Kier alpha value is -3.07. The highest BCUT2D eigenvalue weighted by Crippen LogP contribution is 2.05. The number of nitrogens with zero attached hydrogens (tertiary/aromatic N) is 1. The number of hydrogen-bond donors (Lipinski definition) is 2. The van der Waals surface area contributed by atoms with Crippen LogP contribution in [0.5, 0.6) is 0 Å². The van der Waals surface area contributed by atoms with Gasteiger partial charge in [-0.1, -0.05) is 18.2 Å². The maximum atomic E-state index is 13.4. The van der Waals surface area contributed by atoms with Gasteiger partial charge in [-0.3, -0.25) is 4.79 Å². The molecule has 2 N–H and O–H groups in total. The minimum atomic E-state index is -0.528. The van der Waals surface area contributed by atoms with Gasteiger partial charge in [0.25, 0.3) is 5.91 Å². The number of benzene rings is 1. The van der Waals surface area contributed by atoms with Crippen LogP contribution in [0.2, 0.25) is 0 Å². The van der Waals surface area contributed by atoms with Crippen LogP contribution >= 0.6 is 0 Å². The molecule has 1 aromatic carbocycles. The highest BCUT2D eigenvalue weighted by Gasteiger charge is 2.09. The smallest absolute Gasteiger partial charge is 0.263 e. The summed E-state index contributed by atoms with van der Waals surface area (Å²) < 4.78 is 18.5. The molecule has 0 aliphatic carbocycles. The monoisotopic (exact) mass is 299 g/mol. The Morgan fingerprint density at radius 3 is 2.77 bits per heavy atom. The third-order valence-corrected chi connectivity index (χ3v) is 2.87. The summed E-state index contributed by atoms with van der Waals surface area (Å²) in [5.74, 6) is -0.283. The van der Waals surface area contributed by atoms with Crippen LogP contribution in [0.25, 0.3) is 0 Å². The minimum Gasteiger partial charge on any atom is -0.467 e. The van der Waals surface area contributed by atoms with Crippen molar-refractivity contribution in [2.75, 3.05) is 0 Å². The van der Waals surface area contributed by atoms with Gasteiger partial charge in [0.05, 0.1) is 12.8 Å². The quantitative estimate of drug-likeness (QED) is 0.633. The fourth-order valence-electron chi connectivity index (χ4n) is 1.73. The van der Waals surface area contributed by atoms with Gasteiger partial charge < -0.3 is 15.1 Å². The molecule has 1 aromatic heterocycles. The van der Waals surface area contributed by atoms with E-state index in [-0.39, 0.29) is 24.5 Å². The molecule has 22 heavy (non-hydrogen) atoms. The van der Waals surface area contributed by atoms with Crippen LogP contribution in [0.4, 0.5) is 4.39 Å². The standard InChI is InChI=1S/C16H14FN3O2/c17-15-6-2-1-4-12(15)9-19-10-13(8-18)16(21)20-11-14-5-3-7-22-14/h1-7,10,19H,9,11H2,(H,20,21)/b13-10-. The third-order valence-electron chi connectivity index (χ3n) is 2.87. The van der Waals surface area contributed by atoms with E-state index in [1.54, 1.807) is 36.4 Å². The molecule has 0 spiro atoms. The number of carbonyl (C=O) groups is 1. The van der Waals surface area contributed by atoms with Crippen LogP contribution in [-0.2, 0) is 17.9 Å². The van der Waals surface area contributed by atoms with E-state index in [9.17, 15) is 9.18 Å². The van der Waals surface area contributed by atoms with Gasteiger partial charge in [-0.15, -0.1) is 0 Å². The maximum absolute atomic E-state index is 13.4. The van der Waals surface area contributed by atoms with E-state index in [0.29, 0.717) is 11.3 Å². The maximum Gasteiger partial charge on any atom is 0.263 e. The van der Waals surface area contributed by atoms with Crippen molar-refractivity contribution in [3.63, 3.8) is 0 Å². The van der Waals surface area contributed by atoms with Crippen LogP contribution < -0.4 is 10.6 Å². The Morgan fingerprint density at radius 1 is 1.27 bits per heavy atom. The van der Waals surface area contributed by atoms with Crippen molar-refractivity contribution in [1.29, 1.82) is 5.26 Å². The summed E-state index contributed by atoms with van der Waals surface area (Å²) in [6, 6.07) is 11.5. The van der Waals surface area contributed by atoms with Gasteiger partial charge >= 0.3 is 0 Å². The van der Waals surface area contributed by atoms with Gasteiger partial charge in [-0.05, 0) is 18.2 Å². The van der Waals surface area contributed by atoms with Crippen molar-refractivity contribution in [1.82, 2.24) is 10.6 Å². The average Bonchev–Trinajstić information content (AvgIpc) is 3.04. The Balaban J connectivity index is 1.89. The van der Waals surface area contributed by atoms with Crippen LogP contribution in [0.15, 0.2) is 58.9 Å². The van der Waals surface area contributed by atoms with Gasteiger partial charge in [0, 0.05) is 18.3 Å². The SMILES string of the molecule is N#C/C(=C/NCc1ccccc1F)C(=O)NCc1ccco1. The van der Waals surface area contributed by atoms with Crippen molar-refractivity contribution >= 4 is 5.91 Å². The first kappa shape index (κ1) is 15.3. The molecule has 5 nitrogen and oxygen atoms in total. The summed E-state index contributed by atoms with van der Waals surface area (Å²) in [5, 5.41) is 14.3. The largest absolute Gasteiger partial charge is 0.467 e. The molecule has 0 aliphatic rings. The molecule has 2 aromatic rings. The van der Waals surface area contributed by atoms with Crippen LogP contribution in [0.1, 0.15) is 11.3 Å². The van der Waals surface area contributed by atoms with Crippen molar-refractivity contribution in [2.45, 2.75) is 13.1 Å². The summed E-state index contributed by atoms with van der Waals surface area (Å²) in [4.78, 5) is 11.8. The number of amides is 1. The Morgan fingerprint density at radius 2 is 2.09 bits per heavy atom. The van der Waals surface area contributed by atoms with Crippen molar-refractivity contribution in [3.05, 3.63) is 71.6 Å². The Bertz CT molecular complexity index is 702. The highest BCUT2D eigenvalue weighted by atomic mass is 19.1. The molecule has 0 aliphatic heterocycles. The first-order chi connectivity index (χ1) is 10.7. The van der Waals surface area contributed by atoms with E-state index >= 15 is 0 Å². The highest BCUT2D eigenvalue weighted by molar-refractivity contribution is 5.97. The molecule has 112 valence electrons. The Kier molecular flexibility index (Phi) is 5.32. The number of nitriles is 1. The minimum absolute atomic E-state index is 0.0945. The second-order valence-corrected chi connectivity index (χ2v) is 4.40. The normalized spacial score (nSPS) is 10.8. The number of hydrogen-bond acceptors (Lipinski definition) is 4. The zero-order valence-corrected chi connectivity index (χ0v) is 11.7. The lowest BCUT2D eigenvalue weighted by molar-refractivity contribution is -0.117. The van der Waals surface area contributed by atoms with E-state index in [2.05, 4.69) is 10.6 Å². The zero-order valence-electron chi connectivity index (χ0n) is 11.7. The number of furan rings is 1. The van der Waals surface area contributed by atoms with Crippen LogP contribution in [0, 0.1) is 17.1 Å². The van der Waals surface area contributed by atoms with Gasteiger partial charge in [-0.2, -0.15) is 5.26 Å². The summed E-state index contributed by atoms with van der Waals surface area (Å²) >= 11 is 0. The number of halogens is 1. The van der Waals surface area contributed by atoms with E-state index in [1.165, 1.54) is 18.5 Å². The lowest BCUT2D eigenvalue weighted by atomic mass is 10.2. The lowest BCUT2D eigenvalue weighted by Gasteiger charge is -2.05. The van der Waals surface area contributed by atoms with Crippen molar-refractivity contribution < 1.29 is 13.6 Å². The molecule has 0 fully saturated rings. The summed E-state index contributed by atoms with van der Waals surface area (Å²) in [6.07, 6.45) is 2.77. The lowest BCUT2D eigenvalue weighted by Crippen LogP contribution is -2.25. The number of nitrogens with one attached hydrogen (secondary N) is 2. The first-order valence-electron chi connectivity index (χ1n) is 6.58. The zero-order chi connectivity index (χ0) is 15.8. The molecule has 0 atom stereocenters. The van der Waals surface area contributed by atoms with E-state index < -0.39 is 5.91 Å². The summed E-state index contributed by atoms with van der Waals surface area (Å²) in [7, 11) is 0. The Labute approximate surface area is 127 Å². The topological polar surface area (TPSA) is 78.1 Å².